The molecule has 2 aromatic rings. The number of nitrogens with zero attached hydrogens (tertiary/aromatic N) is 2. The summed E-state index contributed by atoms with van der Waals surface area (Å²) in [5.74, 6) is 1.06. The first kappa shape index (κ1) is 14.0. The van der Waals surface area contributed by atoms with Gasteiger partial charge in [0, 0.05) is 44.5 Å². The summed E-state index contributed by atoms with van der Waals surface area (Å²) in [6.07, 6.45) is 2.17. The minimum Gasteiger partial charge on any atom is -0.381 e. The molecule has 2 aliphatic heterocycles. The van der Waals surface area contributed by atoms with E-state index in [2.05, 4.69) is 42.2 Å². The number of hydrogen-bond donors (Lipinski definition) is 0. The molecule has 2 saturated heterocycles. The number of benzene rings is 1. The van der Waals surface area contributed by atoms with E-state index in [0.29, 0.717) is 0 Å². The van der Waals surface area contributed by atoms with E-state index in [0.717, 1.165) is 50.5 Å². The Morgan fingerprint density at radius 1 is 1.14 bits per heavy atom. The third-order valence-corrected chi connectivity index (χ3v) is 4.72. The van der Waals surface area contributed by atoms with Crippen molar-refractivity contribution in [3.8, 4) is 0 Å². The zero-order valence-electron chi connectivity index (χ0n) is 13.0. The summed E-state index contributed by atoms with van der Waals surface area (Å²) in [7, 11) is 0. The molecule has 0 radical (unpaired) electrons. The molecule has 0 amide bonds. The maximum absolute atomic E-state index is 6.30. The molecule has 2 aliphatic rings. The minimum absolute atomic E-state index is 0.0662. The third-order valence-electron chi connectivity index (χ3n) is 4.72. The standard InChI is InChI=1S/C18H22N2O2/c1-14-12-20(13-18(22-14)8-10-21-11-9-18)17-7-6-15-4-2-3-5-16(15)19-17/h2-7,14H,8-13H2,1H3. The van der Waals surface area contributed by atoms with Crippen LogP contribution in [0.2, 0.25) is 0 Å². The molecule has 4 nitrogen and oxygen atoms in total. The number of rotatable bonds is 1. The predicted molar refractivity (Wildman–Crippen MR) is 87.3 cm³/mol. The molecule has 4 heteroatoms. The second-order valence-electron chi connectivity index (χ2n) is 6.47. The fourth-order valence-electron chi connectivity index (χ4n) is 3.65. The lowest BCUT2D eigenvalue weighted by Gasteiger charge is -2.47. The molecule has 4 rings (SSSR count). The van der Waals surface area contributed by atoms with Gasteiger partial charge >= 0.3 is 0 Å². The van der Waals surface area contributed by atoms with E-state index in [1.807, 2.05) is 6.07 Å². The van der Waals surface area contributed by atoms with Crippen molar-refractivity contribution in [2.24, 2.45) is 0 Å². The fourth-order valence-corrected chi connectivity index (χ4v) is 3.65. The summed E-state index contributed by atoms with van der Waals surface area (Å²) < 4.78 is 11.8. The van der Waals surface area contributed by atoms with E-state index < -0.39 is 0 Å². The molecule has 2 fully saturated rings. The second-order valence-corrected chi connectivity index (χ2v) is 6.47. The number of anilines is 1. The van der Waals surface area contributed by atoms with Crippen molar-refractivity contribution in [2.75, 3.05) is 31.2 Å². The van der Waals surface area contributed by atoms with Gasteiger partial charge in [-0.3, -0.25) is 0 Å². The summed E-state index contributed by atoms with van der Waals surface area (Å²) in [6, 6.07) is 12.6. The van der Waals surface area contributed by atoms with Gasteiger partial charge in [0.1, 0.15) is 5.82 Å². The van der Waals surface area contributed by atoms with Crippen LogP contribution in [0.15, 0.2) is 36.4 Å². The number of ether oxygens (including phenoxy) is 2. The molecule has 0 N–H and O–H groups in total. The molecular weight excluding hydrogens is 276 g/mol. The van der Waals surface area contributed by atoms with Crippen LogP contribution in [0, 0.1) is 0 Å². The van der Waals surface area contributed by atoms with Crippen LogP contribution in [0.5, 0.6) is 0 Å². The number of fused-ring (bicyclic) bond motifs is 1. The quantitative estimate of drug-likeness (QED) is 0.810. The van der Waals surface area contributed by atoms with Crippen LogP contribution in [-0.4, -0.2) is 43.0 Å². The predicted octanol–water partition coefficient (Wildman–Crippen LogP) is 3.01. The van der Waals surface area contributed by atoms with E-state index in [1.54, 1.807) is 0 Å². The first-order valence-corrected chi connectivity index (χ1v) is 8.10. The topological polar surface area (TPSA) is 34.6 Å². The fraction of sp³-hybridized carbons (Fsp3) is 0.500. The van der Waals surface area contributed by atoms with Crippen molar-refractivity contribution in [1.82, 2.24) is 4.98 Å². The molecule has 1 unspecified atom stereocenters. The lowest BCUT2D eigenvalue weighted by molar-refractivity contribution is -0.145. The van der Waals surface area contributed by atoms with Gasteiger partial charge < -0.3 is 14.4 Å². The molecule has 3 heterocycles. The maximum Gasteiger partial charge on any atom is 0.129 e. The van der Waals surface area contributed by atoms with Gasteiger partial charge in [-0.25, -0.2) is 4.98 Å². The van der Waals surface area contributed by atoms with Crippen LogP contribution in [0.25, 0.3) is 10.9 Å². The Labute approximate surface area is 131 Å². The van der Waals surface area contributed by atoms with Gasteiger partial charge in [0.2, 0.25) is 0 Å². The Morgan fingerprint density at radius 3 is 2.82 bits per heavy atom. The van der Waals surface area contributed by atoms with Gasteiger partial charge in [-0.15, -0.1) is 0 Å². The van der Waals surface area contributed by atoms with Gasteiger partial charge in [-0.2, -0.15) is 0 Å². The molecule has 0 aliphatic carbocycles. The first-order chi connectivity index (χ1) is 10.7. The van der Waals surface area contributed by atoms with Crippen molar-refractivity contribution < 1.29 is 9.47 Å². The van der Waals surface area contributed by atoms with Crippen LogP contribution in [0.3, 0.4) is 0 Å². The average molecular weight is 298 g/mol. The van der Waals surface area contributed by atoms with Gasteiger partial charge in [0.25, 0.3) is 0 Å². The van der Waals surface area contributed by atoms with Crippen LogP contribution < -0.4 is 4.90 Å². The molecule has 1 aromatic carbocycles. The van der Waals surface area contributed by atoms with Crippen LogP contribution >= 0.6 is 0 Å². The van der Waals surface area contributed by atoms with Crippen molar-refractivity contribution in [3.63, 3.8) is 0 Å². The smallest absolute Gasteiger partial charge is 0.129 e. The SMILES string of the molecule is CC1CN(c2ccc3ccccc3n2)CC2(CCOCC2)O1. The number of aromatic nitrogens is 1. The number of hydrogen-bond acceptors (Lipinski definition) is 4. The Morgan fingerprint density at radius 2 is 1.95 bits per heavy atom. The third kappa shape index (κ3) is 2.57. The van der Waals surface area contributed by atoms with Crippen LogP contribution in [0.4, 0.5) is 5.82 Å². The molecular formula is C18H22N2O2. The Kier molecular flexibility index (Phi) is 3.51. The number of morpholine rings is 1. The zero-order chi connectivity index (χ0) is 15.0. The highest BCUT2D eigenvalue weighted by molar-refractivity contribution is 5.80. The molecule has 1 aromatic heterocycles. The van der Waals surface area contributed by atoms with E-state index in [-0.39, 0.29) is 11.7 Å². The van der Waals surface area contributed by atoms with E-state index in [1.165, 1.54) is 5.39 Å². The van der Waals surface area contributed by atoms with E-state index in [9.17, 15) is 0 Å². The average Bonchev–Trinajstić information content (AvgIpc) is 2.54. The van der Waals surface area contributed by atoms with E-state index in [4.69, 9.17) is 14.5 Å². The monoisotopic (exact) mass is 298 g/mol. The Bertz CT molecular complexity index is 667. The van der Waals surface area contributed by atoms with Gasteiger partial charge in [0.15, 0.2) is 0 Å². The van der Waals surface area contributed by atoms with E-state index >= 15 is 0 Å². The zero-order valence-corrected chi connectivity index (χ0v) is 13.0. The van der Waals surface area contributed by atoms with Crippen LogP contribution in [-0.2, 0) is 9.47 Å². The highest BCUT2D eigenvalue weighted by Gasteiger charge is 2.41. The summed E-state index contributed by atoms with van der Waals surface area (Å²) in [5, 5.41) is 1.19. The Hall–Kier alpha value is -1.65. The lowest BCUT2D eigenvalue weighted by Crippen LogP contribution is -2.57. The first-order valence-electron chi connectivity index (χ1n) is 8.10. The summed E-state index contributed by atoms with van der Waals surface area (Å²) in [6.45, 7) is 5.56. The van der Waals surface area contributed by atoms with Gasteiger partial charge in [0.05, 0.1) is 17.2 Å². The lowest BCUT2D eigenvalue weighted by atomic mass is 9.91. The summed E-state index contributed by atoms with van der Waals surface area (Å²) in [4.78, 5) is 7.23. The molecule has 1 spiro atoms. The van der Waals surface area contributed by atoms with Gasteiger partial charge in [-0.1, -0.05) is 18.2 Å². The number of para-hydroxylation sites is 1. The van der Waals surface area contributed by atoms with Gasteiger partial charge in [-0.05, 0) is 25.1 Å². The molecule has 0 bridgehead atoms. The number of pyridine rings is 1. The molecule has 116 valence electrons. The maximum atomic E-state index is 6.30. The normalized spacial score (nSPS) is 24.8. The highest BCUT2D eigenvalue weighted by Crippen LogP contribution is 2.33. The summed E-state index contributed by atoms with van der Waals surface area (Å²) in [5.41, 5.74) is 0.989. The van der Waals surface area contributed by atoms with Crippen molar-refractivity contribution in [2.45, 2.75) is 31.5 Å². The van der Waals surface area contributed by atoms with Crippen molar-refractivity contribution in [1.29, 1.82) is 0 Å². The Balaban J connectivity index is 1.64. The van der Waals surface area contributed by atoms with Crippen LogP contribution in [0.1, 0.15) is 19.8 Å². The summed E-state index contributed by atoms with van der Waals surface area (Å²) >= 11 is 0. The van der Waals surface area contributed by atoms with Crippen molar-refractivity contribution >= 4 is 16.7 Å². The largest absolute Gasteiger partial charge is 0.381 e. The second kappa shape index (κ2) is 5.52. The molecule has 0 saturated carbocycles. The molecule has 1 atom stereocenters. The van der Waals surface area contributed by atoms with Crippen molar-refractivity contribution in [3.05, 3.63) is 36.4 Å². The minimum atomic E-state index is -0.0662. The highest BCUT2D eigenvalue weighted by atomic mass is 16.5. The molecule has 22 heavy (non-hydrogen) atoms.